The molecule has 3 aromatic rings. The van der Waals surface area contributed by atoms with Gasteiger partial charge < -0.3 is 10.1 Å². The Hall–Kier alpha value is -4.18. The van der Waals surface area contributed by atoms with Crippen LogP contribution < -0.4 is 10.6 Å². The lowest BCUT2D eigenvalue weighted by molar-refractivity contribution is -0.160. The summed E-state index contributed by atoms with van der Waals surface area (Å²) in [7, 11) is 1.56. The number of nitrogens with zero attached hydrogens (tertiary/aromatic N) is 6. The average molecular weight is 517 g/mol. The molecule has 0 radical (unpaired) electrons. The fraction of sp³-hybridized carbons (Fsp3) is 0.318. The number of alkyl halides is 2. The molecule has 0 spiro atoms. The maximum atomic E-state index is 13.3. The van der Waals surface area contributed by atoms with Crippen molar-refractivity contribution in [3.8, 4) is 17.5 Å². The van der Waals surface area contributed by atoms with Crippen LogP contribution >= 0.6 is 11.6 Å². The highest BCUT2D eigenvalue weighted by atomic mass is 35.5. The summed E-state index contributed by atoms with van der Waals surface area (Å²) in [6, 6.07) is 6.28. The molecule has 0 aliphatic heterocycles. The van der Waals surface area contributed by atoms with E-state index in [1.807, 2.05) is 0 Å². The normalized spacial score (nSPS) is 16.2. The van der Waals surface area contributed by atoms with Crippen molar-refractivity contribution < 1.29 is 23.1 Å². The van der Waals surface area contributed by atoms with Crippen LogP contribution in [0.1, 0.15) is 31.4 Å². The van der Waals surface area contributed by atoms with Gasteiger partial charge in [-0.1, -0.05) is 16.8 Å². The Balaban J connectivity index is 1.44. The molecule has 3 heterocycles. The zero-order valence-corrected chi connectivity index (χ0v) is 19.8. The van der Waals surface area contributed by atoms with Crippen molar-refractivity contribution in [2.24, 2.45) is 12.5 Å². The van der Waals surface area contributed by atoms with Crippen LogP contribution in [0.4, 0.5) is 25.1 Å². The topological polar surface area (TPSA) is 148 Å². The lowest BCUT2D eigenvalue weighted by atomic mass is 9.66. The van der Waals surface area contributed by atoms with Gasteiger partial charge in [-0.05, 0) is 25.1 Å². The standard InChI is InChI=1S/C22H19ClF2N8O3/c1-12(14-5-6-27-8-15(14)23)36-20(35)30-18-17(31-32-33(18)2)16-4-3-13(7-28-16)29-19(34)21(11-26)9-22(24,25)10-21/h3-8,12H,9-10H2,1-2H3,(H,29,34)(H,30,35)/t12-/m1/s1. The average Bonchev–Trinajstić information content (AvgIpc) is 3.17. The summed E-state index contributed by atoms with van der Waals surface area (Å²) in [6.07, 6.45) is 1.14. The minimum Gasteiger partial charge on any atom is -0.441 e. The molecule has 4 rings (SSSR count). The molecule has 36 heavy (non-hydrogen) atoms. The molecular formula is C22H19ClF2N8O3. The molecule has 0 unspecified atom stereocenters. The smallest absolute Gasteiger partial charge is 0.413 e. The summed E-state index contributed by atoms with van der Waals surface area (Å²) in [6.45, 7) is 1.65. The van der Waals surface area contributed by atoms with Gasteiger partial charge in [0.25, 0.3) is 5.92 Å². The van der Waals surface area contributed by atoms with Gasteiger partial charge in [-0.2, -0.15) is 5.26 Å². The molecule has 2 amide bonds. The number of ether oxygens (including phenoxy) is 1. The van der Waals surface area contributed by atoms with E-state index in [9.17, 15) is 23.6 Å². The van der Waals surface area contributed by atoms with E-state index >= 15 is 0 Å². The highest BCUT2D eigenvalue weighted by Gasteiger charge is 2.61. The van der Waals surface area contributed by atoms with Gasteiger partial charge in [0.05, 0.1) is 28.7 Å². The van der Waals surface area contributed by atoms with Crippen molar-refractivity contribution >= 4 is 35.1 Å². The number of rotatable bonds is 6. The summed E-state index contributed by atoms with van der Waals surface area (Å²) in [4.78, 5) is 33.0. The van der Waals surface area contributed by atoms with Crippen LogP contribution in [0.3, 0.4) is 0 Å². The zero-order chi connectivity index (χ0) is 26.1. The highest BCUT2D eigenvalue weighted by Crippen LogP contribution is 2.52. The molecule has 11 nitrogen and oxygen atoms in total. The first kappa shape index (κ1) is 24.9. The number of nitriles is 1. The van der Waals surface area contributed by atoms with E-state index in [-0.39, 0.29) is 17.2 Å². The van der Waals surface area contributed by atoms with Gasteiger partial charge in [0.2, 0.25) is 5.91 Å². The van der Waals surface area contributed by atoms with Crippen molar-refractivity contribution in [3.05, 3.63) is 47.4 Å². The molecule has 0 aromatic carbocycles. The third kappa shape index (κ3) is 4.94. The SMILES string of the molecule is C[C@@H](OC(=O)Nc1c(-c2ccc(NC(=O)C3(C#N)CC(F)(F)C3)cn2)nnn1C)c1ccncc1Cl. The summed E-state index contributed by atoms with van der Waals surface area (Å²) in [5, 5.41) is 22.5. The number of aromatic nitrogens is 5. The molecular weight excluding hydrogens is 498 g/mol. The van der Waals surface area contributed by atoms with E-state index in [1.54, 1.807) is 26.1 Å². The van der Waals surface area contributed by atoms with E-state index in [0.29, 0.717) is 16.3 Å². The predicted octanol–water partition coefficient (Wildman–Crippen LogP) is 4.11. The van der Waals surface area contributed by atoms with Crippen LogP contribution in [0.15, 0.2) is 36.8 Å². The van der Waals surface area contributed by atoms with Crippen molar-refractivity contribution in [1.82, 2.24) is 25.0 Å². The van der Waals surface area contributed by atoms with Crippen molar-refractivity contribution in [2.45, 2.75) is 31.8 Å². The number of aryl methyl sites for hydroxylation is 1. The summed E-state index contributed by atoms with van der Waals surface area (Å²) in [5.41, 5.74) is -0.481. The first-order chi connectivity index (χ1) is 17.0. The minimum atomic E-state index is -3.03. The van der Waals surface area contributed by atoms with E-state index in [1.165, 1.54) is 35.4 Å². The number of hydrogen-bond donors (Lipinski definition) is 2. The number of halogens is 3. The van der Waals surface area contributed by atoms with Crippen molar-refractivity contribution in [2.75, 3.05) is 10.6 Å². The largest absolute Gasteiger partial charge is 0.441 e. The number of pyridine rings is 2. The number of hydrogen-bond acceptors (Lipinski definition) is 8. The molecule has 0 saturated heterocycles. The maximum absolute atomic E-state index is 13.3. The molecule has 1 aliphatic rings. The molecule has 1 fully saturated rings. The monoisotopic (exact) mass is 516 g/mol. The molecule has 1 saturated carbocycles. The highest BCUT2D eigenvalue weighted by molar-refractivity contribution is 6.31. The van der Waals surface area contributed by atoms with Gasteiger partial charge in [0.15, 0.2) is 11.5 Å². The fourth-order valence-electron chi connectivity index (χ4n) is 3.72. The first-order valence-electron chi connectivity index (χ1n) is 10.6. The molecule has 1 atom stereocenters. The Labute approximate surface area is 208 Å². The van der Waals surface area contributed by atoms with Gasteiger partial charge in [-0.3, -0.25) is 20.1 Å². The van der Waals surface area contributed by atoms with Crippen LogP contribution in [0.25, 0.3) is 11.4 Å². The first-order valence-corrected chi connectivity index (χ1v) is 10.9. The molecule has 186 valence electrons. The van der Waals surface area contributed by atoms with Gasteiger partial charge in [0, 0.05) is 37.8 Å². The van der Waals surface area contributed by atoms with Crippen LogP contribution in [0.5, 0.6) is 0 Å². The summed E-state index contributed by atoms with van der Waals surface area (Å²) in [5.74, 6) is -3.66. The Kier molecular flexibility index (Phi) is 6.55. The van der Waals surface area contributed by atoms with E-state index in [2.05, 4.69) is 30.9 Å². The number of anilines is 2. The van der Waals surface area contributed by atoms with E-state index in [4.69, 9.17) is 16.3 Å². The second-order valence-corrected chi connectivity index (χ2v) is 8.68. The Bertz CT molecular complexity index is 1350. The quantitative estimate of drug-likeness (QED) is 0.497. The number of carbonyl (C=O) groups excluding carboxylic acids is 2. The summed E-state index contributed by atoms with van der Waals surface area (Å²) >= 11 is 6.10. The van der Waals surface area contributed by atoms with Gasteiger partial charge >= 0.3 is 6.09 Å². The van der Waals surface area contributed by atoms with Crippen LogP contribution in [0, 0.1) is 16.7 Å². The van der Waals surface area contributed by atoms with E-state index < -0.39 is 42.3 Å². The fourth-order valence-corrected chi connectivity index (χ4v) is 3.99. The maximum Gasteiger partial charge on any atom is 0.413 e. The van der Waals surface area contributed by atoms with Gasteiger partial charge in [-0.25, -0.2) is 18.3 Å². The van der Waals surface area contributed by atoms with Gasteiger partial charge in [0.1, 0.15) is 11.5 Å². The third-order valence-electron chi connectivity index (χ3n) is 5.61. The molecule has 3 aromatic heterocycles. The van der Waals surface area contributed by atoms with E-state index in [0.717, 1.165) is 0 Å². The van der Waals surface area contributed by atoms with Crippen molar-refractivity contribution in [3.63, 3.8) is 0 Å². The Morgan fingerprint density at radius 1 is 1.25 bits per heavy atom. The van der Waals surface area contributed by atoms with Crippen LogP contribution in [-0.2, 0) is 16.6 Å². The molecule has 2 N–H and O–H groups in total. The van der Waals surface area contributed by atoms with Gasteiger partial charge in [-0.15, -0.1) is 5.10 Å². The van der Waals surface area contributed by atoms with Crippen LogP contribution in [0.2, 0.25) is 5.02 Å². The van der Waals surface area contributed by atoms with Crippen molar-refractivity contribution in [1.29, 1.82) is 5.26 Å². The van der Waals surface area contributed by atoms with Crippen LogP contribution in [-0.4, -0.2) is 42.9 Å². The number of nitrogens with one attached hydrogen (secondary N) is 2. The second kappa shape index (κ2) is 9.46. The molecule has 14 heteroatoms. The Morgan fingerprint density at radius 2 is 2.00 bits per heavy atom. The number of carbonyl (C=O) groups is 2. The Morgan fingerprint density at radius 3 is 2.61 bits per heavy atom. The number of amides is 2. The zero-order valence-electron chi connectivity index (χ0n) is 19.0. The molecule has 1 aliphatic carbocycles. The lowest BCUT2D eigenvalue weighted by Crippen LogP contribution is -2.52. The lowest BCUT2D eigenvalue weighted by Gasteiger charge is -2.40. The second-order valence-electron chi connectivity index (χ2n) is 8.27. The third-order valence-corrected chi connectivity index (χ3v) is 5.92. The minimum absolute atomic E-state index is 0.192. The summed E-state index contributed by atoms with van der Waals surface area (Å²) < 4.78 is 33.2. The predicted molar refractivity (Wildman–Crippen MR) is 123 cm³/mol. The molecule has 0 bridgehead atoms.